The minimum absolute atomic E-state index is 0.255. The fourth-order valence-electron chi connectivity index (χ4n) is 6.85. The molecular weight excluding hydrogens is 753 g/mol. The van der Waals surface area contributed by atoms with Gasteiger partial charge in [-0.05, 0) is 122 Å². The average Bonchev–Trinajstić information content (AvgIpc) is 3.98. The predicted octanol–water partition coefficient (Wildman–Crippen LogP) is 14.5. The summed E-state index contributed by atoms with van der Waals surface area (Å²) >= 11 is 5.38. The Morgan fingerprint density at radius 1 is 0.768 bits per heavy atom. The number of benzene rings is 3. The second-order valence-corrected chi connectivity index (χ2v) is 18.1. The highest BCUT2D eigenvalue weighted by molar-refractivity contribution is 8.00. The Hall–Kier alpha value is -4.49. The molecule has 1 aliphatic rings. The number of hydrogen-bond donors (Lipinski definition) is 1. The molecule has 2 atom stereocenters. The van der Waals surface area contributed by atoms with Crippen LogP contribution < -0.4 is 14.4 Å². The number of anilines is 3. The highest BCUT2D eigenvalue weighted by atomic mass is 32.2. The maximum absolute atomic E-state index is 11.8. The molecule has 1 aliphatic heterocycles. The molecule has 0 saturated carbocycles. The highest BCUT2D eigenvalue weighted by Gasteiger charge is 2.27. The van der Waals surface area contributed by atoms with Crippen LogP contribution in [0.5, 0.6) is 11.5 Å². The maximum Gasteiger partial charge on any atom is 0.346 e. The lowest BCUT2D eigenvalue weighted by Crippen LogP contribution is -2.10. The van der Waals surface area contributed by atoms with Crippen LogP contribution in [0.2, 0.25) is 0 Å². The molecule has 2 unspecified atom stereocenters. The monoisotopic (exact) mass is 804 g/mol. The summed E-state index contributed by atoms with van der Waals surface area (Å²) in [7, 11) is 0. The summed E-state index contributed by atoms with van der Waals surface area (Å²) in [4.78, 5) is 18.5. The number of thiophene rings is 2. The molecule has 0 spiro atoms. The lowest BCUT2D eigenvalue weighted by molar-refractivity contribution is -0.132. The van der Waals surface area contributed by atoms with Crippen molar-refractivity contribution in [3.05, 3.63) is 107 Å². The van der Waals surface area contributed by atoms with E-state index in [1.165, 1.54) is 55.9 Å². The number of carboxylic acid groups (broad SMARTS) is 1. The molecular formula is C47H52N2O4S3. The van der Waals surface area contributed by atoms with E-state index < -0.39 is 5.97 Å². The largest absolute Gasteiger partial charge is 0.494 e. The minimum Gasteiger partial charge on any atom is -0.494 e. The number of nitriles is 1. The number of thioether (sulfide) groups is 1. The Morgan fingerprint density at radius 3 is 1.82 bits per heavy atom. The number of rotatable bonds is 20. The van der Waals surface area contributed by atoms with Gasteiger partial charge >= 0.3 is 5.97 Å². The SMILES string of the molecule is CCCCCCOc1ccc(N(c2ccc(OCCCCCC)cc2)c2ccc(-c3ccc(-c4sc(C5CCC(C)S5)cc4C=C(C#N)C(=O)O)s3)cc2)cc1. The molecule has 0 bridgehead atoms. The Bertz CT molecular complexity index is 2020. The van der Waals surface area contributed by atoms with Gasteiger partial charge in [0.1, 0.15) is 23.1 Å². The lowest BCUT2D eigenvalue weighted by atomic mass is 10.1. The van der Waals surface area contributed by atoms with Gasteiger partial charge in [-0.2, -0.15) is 5.26 Å². The topological polar surface area (TPSA) is 82.8 Å². The van der Waals surface area contributed by atoms with Crippen LogP contribution in [0.25, 0.3) is 26.3 Å². The predicted molar refractivity (Wildman–Crippen MR) is 237 cm³/mol. The molecule has 3 aromatic carbocycles. The molecule has 0 amide bonds. The van der Waals surface area contributed by atoms with Crippen LogP contribution >= 0.6 is 34.4 Å². The van der Waals surface area contributed by atoms with Gasteiger partial charge in [0.25, 0.3) is 0 Å². The Morgan fingerprint density at radius 2 is 1.32 bits per heavy atom. The van der Waals surface area contributed by atoms with Crippen molar-refractivity contribution in [2.24, 2.45) is 0 Å². The number of nitrogens with zero attached hydrogens (tertiary/aromatic N) is 2. The van der Waals surface area contributed by atoms with Gasteiger partial charge in [-0.15, -0.1) is 34.4 Å². The van der Waals surface area contributed by atoms with Gasteiger partial charge < -0.3 is 19.5 Å². The van der Waals surface area contributed by atoms with Crippen molar-refractivity contribution in [1.29, 1.82) is 5.26 Å². The summed E-state index contributed by atoms with van der Waals surface area (Å²) in [5, 5.41) is 20.2. The van der Waals surface area contributed by atoms with Gasteiger partial charge in [-0.1, -0.05) is 71.4 Å². The Balaban J connectivity index is 1.25. The molecule has 9 heteroatoms. The van der Waals surface area contributed by atoms with Crippen molar-refractivity contribution < 1.29 is 19.4 Å². The second kappa shape index (κ2) is 20.6. The first-order valence-corrected chi connectivity index (χ1v) is 22.5. The van der Waals surface area contributed by atoms with E-state index in [0.29, 0.717) is 10.5 Å². The molecule has 3 heterocycles. The van der Waals surface area contributed by atoms with Gasteiger partial charge in [0.15, 0.2) is 0 Å². The van der Waals surface area contributed by atoms with Crippen molar-refractivity contribution in [2.75, 3.05) is 18.1 Å². The third-order valence-corrected chi connectivity index (χ3v) is 14.2. The Labute approximate surface area is 344 Å². The summed E-state index contributed by atoms with van der Waals surface area (Å²) in [6.45, 7) is 8.15. The van der Waals surface area contributed by atoms with Crippen molar-refractivity contribution in [2.45, 2.75) is 95.5 Å². The van der Waals surface area contributed by atoms with Gasteiger partial charge in [0, 0.05) is 42.2 Å². The van der Waals surface area contributed by atoms with Crippen LogP contribution in [-0.4, -0.2) is 29.5 Å². The summed E-state index contributed by atoms with van der Waals surface area (Å²) in [6, 6.07) is 33.5. The zero-order valence-corrected chi connectivity index (χ0v) is 35.1. The first kappa shape index (κ1) is 41.2. The summed E-state index contributed by atoms with van der Waals surface area (Å²) < 4.78 is 12.1. The maximum atomic E-state index is 11.8. The number of aliphatic carboxylic acids is 1. The second-order valence-electron chi connectivity index (χ2n) is 14.3. The standard InChI is InChI=1S/C47H52N2O4S3/c1-4-6-8-10-28-52-40-21-17-38(18-22-40)49(39-19-23-41(24-20-39)53-29-11-9-7-5-2)37-15-13-34(14-16-37)42-26-27-44(55-42)46-35(30-36(32-48)47(50)51)31-45(56-46)43-25-12-33(3)54-43/h13-24,26-27,30-31,33,43H,4-12,25,28-29H2,1-3H3,(H,50,51). The van der Waals surface area contributed by atoms with Crippen LogP contribution in [0.4, 0.5) is 17.1 Å². The van der Waals surface area contributed by atoms with E-state index in [0.717, 1.165) is 86.8 Å². The van der Waals surface area contributed by atoms with Crippen molar-refractivity contribution in [1.82, 2.24) is 0 Å². The number of ether oxygens (including phenoxy) is 2. The van der Waals surface area contributed by atoms with Gasteiger partial charge in [-0.3, -0.25) is 0 Å². The zero-order chi connectivity index (χ0) is 39.3. The molecule has 0 aliphatic carbocycles. The van der Waals surface area contributed by atoms with Crippen LogP contribution in [0, 0.1) is 11.3 Å². The molecule has 5 aromatic rings. The summed E-state index contributed by atoms with van der Waals surface area (Å²) in [6.07, 6.45) is 13.2. The summed E-state index contributed by atoms with van der Waals surface area (Å²) in [5.74, 6) is 0.543. The van der Waals surface area contributed by atoms with Gasteiger partial charge in [0.2, 0.25) is 0 Å². The number of carboxylic acids is 1. The highest BCUT2D eigenvalue weighted by Crippen LogP contribution is 2.50. The molecule has 6 rings (SSSR count). The molecule has 0 radical (unpaired) electrons. The van der Waals surface area contributed by atoms with E-state index >= 15 is 0 Å². The molecule has 1 N–H and O–H groups in total. The fraction of sp³-hybridized carbons (Fsp3) is 0.362. The van der Waals surface area contributed by atoms with E-state index in [-0.39, 0.29) is 5.57 Å². The zero-order valence-electron chi connectivity index (χ0n) is 32.7. The third kappa shape index (κ3) is 10.9. The van der Waals surface area contributed by atoms with E-state index in [9.17, 15) is 15.2 Å². The number of hydrogen-bond acceptors (Lipinski definition) is 8. The normalized spacial score (nSPS) is 15.4. The molecule has 292 valence electrons. The van der Waals surface area contributed by atoms with Crippen molar-refractivity contribution in [3.8, 4) is 37.8 Å². The van der Waals surface area contributed by atoms with E-state index in [1.54, 1.807) is 22.7 Å². The van der Waals surface area contributed by atoms with Gasteiger partial charge in [0.05, 0.1) is 18.1 Å². The molecule has 56 heavy (non-hydrogen) atoms. The molecule has 1 saturated heterocycles. The van der Waals surface area contributed by atoms with Crippen LogP contribution in [0.3, 0.4) is 0 Å². The van der Waals surface area contributed by atoms with Gasteiger partial charge in [-0.25, -0.2) is 4.79 Å². The fourth-order valence-corrected chi connectivity index (χ4v) is 10.8. The molecule has 2 aromatic heterocycles. The van der Waals surface area contributed by atoms with E-state index in [1.807, 2.05) is 17.8 Å². The van der Waals surface area contributed by atoms with Crippen LogP contribution in [0.15, 0.2) is 96.6 Å². The van der Waals surface area contributed by atoms with E-state index in [4.69, 9.17) is 9.47 Å². The quantitative estimate of drug-likeness (QED) is 0.0476. The van der Waals surface area contributed by atoms with Crippen molar-refractivity contribution >= 4 is 63.5 Å². The first-order chi connectivity index (χ1) is 27.4. The lowest BCUT2D eigenvalue weighted by Gasteiger charge is -2.26. The van der Waals surface area contributed by atoms with Crippen LogP contribution in [0.1, 0.15) is 101 Å². The van der Waals surface area contributed by atoms with Crippen LogP contribution in [-0.2, 0) is 4.79 Å². The molecule has 1 fully saturated rings. The number of unbranched alkanes of at least 4 members (excludes halogenated alkanes) is 6. The minimum atomic E-state index is -1.21. The smallest absolute Gasteiger partial charge is 0.346 e. The number of carbonyl (C=O) groups is 1. The van der Waals surface area contributed by atoms with E-state index in [2.05, 4.69) is 117 Å². The Kier molecular flexibility index (Phi) is 15.1. The first-order valence-electron chi connectivity index (χ1n) is 20.0. The van der Waals surface area contributed by atoms with Crippen molar-refractivity contribution in [3.63, 3.8) is 0 Å². The summed E-state index contributed by atoms with van der Waals surface area (Å²) in [5.41, 5.74) is 4.73. The third-order valence-electron chi connectivity index (χ3n) is 9.94. The average molecular weight is 805 g/mol. The molecule has 6 nitrogen and oxygen atoms in total.